The zero-order valence-corrected chi connectivity index (χ0v) is 8.41. The summed E-state index contributed by atoms with van der Waals surface area (Å²) in [5, 5.41) is -0.329. The average Bonchev–Trinajstić information content (AvgIpc) is 1.96. The number of halogens is 5. The molecule has 0 saturated carbocycles. The monoisotopic (exact) mass is 307 g/mol. The van der Waals surface area contributed by atoms with Crippen LogP contribution in [0.15, 0.2) is 6.07 Å². The summed E-state index contributed by atoms with van der Waals surface area (Å²) in [7, 11) is 0. The predicted octanol–water partition coefficient (Wildman–Crippen LogP) is 3.42. The van der Waals surface area contributed by atoms with Gasteiger partial charge in [0, 0.05) is 0 Å². The molecule has 1 heterocycles. The second kappa shape index (κ2) is 3.78. The topological polar surface area (TPSA) is 12.9 Å². The van der Waals surface area contributed by atoms with E-state index in [1.807, 2.05) is 0 Å². The molecule has 0 radical (unpaired) electrons. The molecule has 0 N–H and O–H groups in total. The zero-order chi connectivity index (χ0) is 9.30. The molecule has 0 aliphatic carbocycles. The van der Waals surface area contributed by atoms with Crippen LogP contribution >= 0.6 is 34.2 Å². The summed E-state index contributed by atoms with van der Waals surface area (Å²) in [6, 6.07) is 1.18. The molecule has 6 heteroatoms. The van der Waals surface area contributed by atoms with Gasteiger partial charge in [0.15, 0.2) is 5.82 Å². The van der Waals surface area contributed by atoms with Gasteiger partial charge in [-0.2, -0.15) is 0 Å². The molecule has 0 spiro atoms. The van der Waals surface area contributed by atoms with Crippen LogP contribution in [0.1, 0.15) is 12.1 Å². The molecule has 0 aromatic carbocycles. The Morgan fingerprint density at radius 3 is 2.58 bits per heavy atom. The van der Waals surface area contributed by atoms with Crippen molar-refractivity contribution in [2.45, 2.75) is 6.43 Å². The molecule has 1 nitrogen and oxygen atoms in total. The van der Waals surface area contributed by atoms with Crippen molar-refractivity contribution >= 4 is 34.2 Å². The molecule has 1 aromatic rings. The lowest BCUT2D eigenvalue weighted by Crippen LogP contribution is -1.98. The number of aromatic nitrogens is 1. The van der Waals surface area contributed by atoms with E-state index in [1.165, 1.54) is 6.07 Å². The second-order valence-corrected chi connectivity index (χ2v) is 3.44. The fourth-order valence-electron chi connectivity index (χ4n) is 0.631. The van der Waals surface area contributed by atoms with Crippen LogP contribution in [-0.4, -0.2) is 4.98 Å². The van der Waals surface area contributed by atoms with Crippen LogP contribution in [0.4, 0.5) is 13.2 Å². The van der Waals surface area contributed by atoms with E-state index in [9.17, 15) is 13.2 Å². The Morgan fingerprint density at radius 1 is 1.50 bits per heavy atom. The van der Waals surface area contributed by atoms with E-state index in [1.54, 1.807) is 22.6 Å². The summed E-state index contributed by atoms with van der Waals surface area (Å²) >= 11 is 7.00. The van der Waals surface area contributed by atoms with E-state index in [0.717, 1.165) is 0 Å². The summed E-state index contributed by atoms with van der Waals surface area (Å²) in [6.45, 7) is 0. The molecule has 1 rings (SSSR count). The third kappa shape index (κ3) is 2.01. The number of nitrogens with zero attached hydrogens (tertiary/aromatic N) is 1. The fraction of sp³-hybridized carbons (Fsp3) is 0.167. The van der Waals surface area contributed by atoms with Gasteiger partial charge >= 0.3 is 0 Å². The minimum atomic E-state index is -2.93. The van der Waals surface area contributed by atoms with Gasteiger partial charge in [-0.25, -0.2) is 18.2 Å². The molecular weight excluding hydrogens is 305 g/mol. The lowest BCUT2D eigenvalue weighted by atomic mass is 10.3. The van der Waals surface area contributed by atoms with Crippen molar-refractivity contribution in [2.24, 2.45) is 0 Å². The summed E-state index contributed by atoms with van der Waals surface area (Å²) < 4.78 is 37.0. The Hall–Kier alpha value is -0.0400. The molecule has 0 aliphatic rings. The quantitative estimate of drug-likeness (QED) is 0.572. The van der Waals surface area contributed by atoms with Gasteiger partial charge in [0.2, 0.25) is 0 Å². The van der Waals surface area contributed by atoms with Crippen LogP contribution in [0.2, 0.25) is 5.02 Å². The van der Waals surface area contributed by atoms with E-state index in [4.69, 9.17) is 11.6 Å². The number of hydrogen-bond donors (Lipinski definition) is 0. The van der Waals surface area contributed by atoms with E-state index in [0.29, 0.717) is 0 Å². The number of alkyl halides is 2. The largest absolute Gasteiger partial charge is 0.283 e. The van der Waals surface area contributed by atoms with Crippen molar-refractivity contribution in [1.82, 2.24) is 4.98 Å². The first kappa shape index (κ1) is 10.0. The van der Waals surface area contributed by atoms with E-state index >= 15 is 0 Å². The molecule has 0 atom stereocenters. The Bertz CT molecular complexity index is 305. The first-order valence-corrected chi connectivity index (χ1v) is 4.27. The first-order chi connectivity index (χ1) is 5.52. The molecule has 0 bridgehead atoms. The molecule has 66 valence electrons. The van der Waals surface area contributed by atoms with Gasteiger partial charge in [-0.1, -0.05) is 11.6 Å². The number of pyridine rings is 1. The van der Waals surface area contributed by atoms with Crippen LogP contribution in [-0.2, 0) is 0 Å². The second-order valence-electron chi connectivity index (χ2n) is 1.93. The minimum Gasteiger partial charge on any atom is -0.238 e. The van der Waals surface area contributed by atoms with Crippen molar-refractivity contribution in [3.05, 3.63) is 26.3 Å². The van der Waals surface area contributed by atoms with E-state index in [-0.39, 0.29) is 8.72 Å². The van der Waals surface area contributed by atoms with Crippen LogP contribution in [0.5, 0.6) is 0 Å². The maximum atomic E-state index is 12.8. The van der Waals surface area contributed by atoms with Crippen molar-refractivity contribution in [2.75, 3.05) is 0 Å². The maximum absolute atomic E-state index is 12.8. The van der Waals surface area contributed by atoms with Gasteiger partial charge in [-0.3, -0.25) is 0 Å². The minimum absolute atomic E-state index is 0.245. The van der Waals surface area contributed by atoms with Gasteiger partial charge in [-0.15, -0.1) is 0 Å². The fourth-order valence-corrected chi connectivity index (χ4v) is 1.59. The van der Waals surface area contributed by atoms with Gasteiger partial charge in [0.25, 0.3) is 6.43 Å². The molecule has 0 amide bonds. The van der Waals surface area contributed by atoms with Crippen LogP contribution in [0, 0.1) is 9.52 Å². The molecule has 0 fully saturated rings. The Balaban J connectivity index is 3.28. The van der Waals surface area contributed by atoms with Crippen molar-refractivity contribution < 1.29 is 13.2 Å². The van der Waals surface area contributed by atoms with Gasteiger partial charge in [0.1, 0.15) is 9.39 Å². The number of rotatable bonds is 1. The van der Waals surface area contributed by atoms with Gasteiger partial charge in [0.05, 0.1) is 5.02 Å². The lowest BCUT2D eigenvalue weighted by Gasteiger charge is -2.02. The van der Waals surface area contributed by atoms with Crippen molar-refractivity contribution in [3.8, 4) is 0 Å². The summed E-state index contributed by atoms with van der Waals surface area (Å²) in [6.07, 6.45) is -2.93. The zero-order valence-electron chi connectivity index (χ0n) is 5.49. The third-order valence-electron chi connectivity index (χ3n) is 1.11. The summed E-state index contributed by atoms with van der Waals surface area (Å²) in [5.41, 5.74) is -0.896. The highest BCUT2D eigenvalue weighted by molar-refractivity contribution is 14.1. The molecular formula is C6H2ClF3IN. The van der Waals surface area contributed by atoms with E-state index < -0.39 is 17.9 Å². The standard InChI is InChI=1S/C6H2ClF3IN/c7-2-1-3(11)12-5(4(2)8)6(9)10/h1,6H. The normalized spacial score (nSPS) is 10.8. The average molecular weight is 307 g/mol. The SMILES string of the molecule is Fc1c(Cl)cc(I)nc1C(F)F. The summed E-state index contributed by atoms with van der Waals surface area (Å²) in [5.74, 6) is -1.15. The highest BCUT2D eigenvalue weighted by atomic mass is 127. The molecule has 1 aromatic heterocycles. The molecule has 0 aliphatic heterocycles. The summed E-state index contributed by atoms with van der Waals surface area (Å²) in [4.78, 5) is 3.31. The third-order valence-corrected chi connectivity index (χ3v) is 1.94. The van der Waals surface area contributed by atoms with Crippen LogP contribution in [0.3, 0.4) is 0 Å². The van der Waals surface area contributed by atoms with Crippen molar-refractivity contribution in [3.63, 3.8) is 0 Å². The van der Waals surface area contributed by atoms with E-state index in [2.05, 4.69) is 4.98 Å². The first-order valence-electron chi connectivity index (χ1n) is 2.82. The van der Waals surface area contributed by atoms with Crippen LogP contribution in [0.25, 0.3) is 0 Å². The smallest absolute Gasteiger partial charge is 0.238 e. The van der Waals surface area contributed by atoms with Gasteiger partial charge in [-0.05, 0) is 28.7 Å². The maximum Gasteiger partial charge on any atom is 0.283 e. The van der Waals surface area contributed by atoms with Crippen LogP contribution < -0.4 is 0 Å². The lowest BCUT2D eigenvalue weighted by molar-refractivity contribution is 0.140. The predicted molar refractivity (Wildman–Crippen MR) is 46.9 cm³/mol. The molecule has 0 saturated heterocycles. The highest BCUT2D eigenvalue weighted by Gasteiger charge is 2.18. The number of hydrogen-bond acceptors (Lipinski definition) is 1. The Labute approximate surface area is 85.1 Å². The highest BCUT2D eigenvalue weighted by Crippen LogP contribution is 2.26. The molecule has 0 unspecified atom stereocenters. The van der Waals surface area contributed by atoms with Crippen molar-refractivity contribution in [1.29, 1.82) is 0 Å². The molecule has 12 heavy (non-hydrogen) atoms. The Kier molecular flexibility index (Phi) is 3.16. The Morgan fingerprint density at radius 2 is 2.08 bits per heavy atom. The van der Waals surface area contributed by atoms with Gasteiger partial charge < -0.3 is 0 Å².